The van der Waals surface area contributed by atoms with Crippen LogP contribution in [0.4, 0.5) is 0 Å². The number of epoxide rings is 1. The van der Waals surface area contributed by atoms with Gasteiger partial charge in [0, 0.05) is 30.7 Å². The molecular formula is C29H38O7. The van der Waals surface area contributed by atoms with E-state index in [2.05, 4.69) is 13.8 Å². The maximum atomic E-state index is 12.5. The van der Waals surface area contributed by atoms with Gasteiger partial charge in [-0.1, -0.05) is 20.8 Å². The Morgan fingerprint density at radius 2 is 1.86 bits per heavy atom. The molecule has 6 rings (SSSR count). The Labute approximate surface area is 212 Å². The summed E-state index contributed by atoms with van der Waals surface area (Å²) in [6.45, 7) is 8.09. The van der Waals surface area contributed by atoms with Gasteiger partial charge in [-0.2, -0.15) is 0 Å². The molecule has 10 unspecified atom stereocenters. The quantitative estimate of drug-likeness (QED) is 0.436. The van der Waals surface area contributed by atoms with Crippen molar-refractivity contribution >= 4 is 11.9 Å². The smallest absolute Gasteiger partial charge is 0.335 e. The van der Waals surface area contributed by atoms with E-state index in [1.54, 1.807) is 6.26 Å². The predicted molar refractivity (Wildman–Crippen MR) is 130 cm³/mol. The van der Waals surface area contributed by atoms with Gasteiger partial charge in [0.25, 0.3) is 0 Å². The first-order chi connectivity index (χ1) is 17.1. The van der Waals surface area contributed by atoms with Crippen molar-refractivity contribution in [2.45, 2.75) is 109 Å². The summed E-state index contributed by atoms with van der Waals surface area (Å²) in [5.41, 5.74) is 0.200. The Hall–Kier alpha value is -2.15. The third-order valence-electron chi connectivity index (χ3n) is 11.0. The Balaban J connectivity index is 1.34. The van der Waals surface area contributed by atoms with E-state index in [-0.39, 0.29) is 58.2 Å². The molecule has 1 aromatic rings. The molecule has 0 aromatic carbocycles. The fourth-order valence-corrected chi connectivity index (χ4v) is 9.47. The zero-order valence-corrected chi connectivity index (χ0v) is 21.8. The van der Waals surface area contributed by atoms with Crippen LogP contribution < -0.4 is 5.63 Å². The van der Waals surface area contributed by atoms with E-state index >= 15 is 0 Å². The fourth-order valence-electron chi connectivity index (χ4n) is 9.47. The molecule has 7 heteroatoms. The molecule has 196 valence electrons. The van der Waals surface area contributed by atoms with Gasteiger partial charge in [-0.3, -0.25) is 9.59 Å². The van der Waals surface area contributed by atoms with Gasteiger partial charge in [0.1, 0.15) is 23.9 Å². The molecule has 1 saturated heterocycles. The molecule has 0 N–H and O–H groups in total. The van der Waals surface area contributed by atoms with Gasteiger partial charge in [0.05, 0.1) is 6.26 Å². The van der Waals surface area contributed by atoms with Crippen LogP contribution in [-0.4, -0.2) is 35.9 Å². The van der Waals surface area contributed by atoms with Crippen LogP contribution in [0.15, 0.2) is 27.6 Å². The minimum atomic E-state index is -0.376. The molecule has 36 heavy (non-hydrogen) atoms. The Bertz CT molecular complexity index is 1110. The number of hydrogen-bond acceptors (Lipinski definition) is 7. The van der Waals surface area contributed by atoms with Crippen LogP contribution in [0.3, 0.4) is 0 Å². The molecule has 1 spiro atoms. The summed E-state index contributed by atoms with van der Waals surface area (Å²) in [6, 6.07) is 3.31. The summed E-state index contributed by atoms with van der Waals surface area (Å²) in [5.74, 6) is 1.01. The Morgan fingerprint density at radius 1 is 1.06 bits per heavy atom. The standard InChI is InChI=1S/C29H38O7/c1-5-22(31)35-25-24(17-6-9-23(32)33-15-17)28(4)13-11-20-21(29(28)26(25)36-29)8-7-18-14-19(34-16(2)30)10-12-27(18,20)3/h6,9,15,18-21,24-26H,5,7-8,10-14H2,1-4H3. The molecule has 4 saturated carbocycles. The summed E-state index contributed by atoms with van der Waals surface area (Å²) >= 11 is 0. The molecular weight excluding hydrogens is 460 g/mol. The normalized spacial score (nSPS) is 46.5. The summed E-state index contributed by atoms with van der Waals surface area (Å²) in [5, 5.41) is 0. The van der Waals surface area contributed by atoms with Crippen LogP contribution in [-0.2, 0) is 23.8 Å². The number of hydrogen-bond donors (Lipinski definition) is 0. The van der Waals surface area contributed by atoms with Crippen molar-refractivity contribution in [3.63, 3.8) is 0 Å². The van der Waals surface area contributed by atoms with Crippen molar-refractivity contribution < 1.29 is 28.2 Å². The van der Waals surface area contributed by atoms with Gasteiger partial charge in [0.2, 0.25) is 0 Å². The van der Waals surface area contributed by atoms with Crippen molar-refractivity contribution in [2.24, 2.45) is 28.6 Å². The van der Waals surface area contributed by atoms with Crippen molar-refractivity contribution in [3.8, 4) is 0 Å². The van der Waals surface area contributed by atoms with Crippen LogP contribution >= 0.6 is 0 Å². The topological polar surface area (TPSA) is 95.3 Å². The Kier molecular flexibility index (Phi) is 5.50. The minimum absolute atomic E-state index is 0.0375. The van der Waals surface area contributed by atoms with Crippen LogP contribution in [0.2, 0.25) is 0 Å². The molecule has 0 bridgehead atoms. The summed E-state index contributed by atoms with van der Waals surface area (Å²) in [7, 11) is 0. The van der Waals surface area contributed by atoms with E-state index in [0.717, 1.165) is 50.5 Å². The van der Waals surface area contributed by atoms with Crippen molar-refractivity contribution in [2.75, 3.05) is 0 Å². The molecule has 0 amide bonds. The third kappa shape index (κ3) is 3.23. The zero-order valence-electron chi connectivity index (χ0n) is 21.8. The van der Waals surface area contributed by atoms with E-state index in [9.17, 15) is 14.4 Å². The third-order valence-corrected chi connectivity index (χ3v) is 11.0. The first-order valence-electron chi connectivity index (χ1n) is 13.8. The second kappa shape index (κ2) is 8.17. The fraction of sp³-hybridized carbons (Fsp3) is 0.759. The molecule has 1 aromatic heterocycles. The lowest BCUT2D eigenvalue weighted by molar-refractivity contribution is -0.167. The number of esters is 2. The van der Waals surface area contributed by atoms with E-state index in [1.807, 2.05) is 13.0 Å². The summed E-state index contributed by atoms with van der Waals surface area (Å²) < 4.78 is 23.7. The lowest BCUT2D eigenvalue weighted by atomic mass is 9.44. The largest absolute Gasteiger partial charge is 0.463 e. The van der Waals surface area contributed by atoms with Crippen molar-refractivity contribution in [1.29, 1.82) is 0 Å². The van der Waals surface area contributed by atoms with Crippen LogP contribution in [0, 0.1) is 28.6 Å². The minimum Gasteiger partial charge on any atom is -0.463 e. The molecule has 7 nitrogen and oxygen atoms in total. The number of fused-ring (bicyclic) bond motifs is 3. The van der Waals surface area contributed by atoms with Crippen LogP contribution in [0.25, 0.3) is 0 Å². The number of carbonyl (C=O) groups is 2. The van der Waals surface area contributed by atoms with E-state index in [4.69, 9.17) is 18.6 Å². The van der Waals surface area contributed by atoms with E-state index < -0.39 is 0 Å². The van der Waals surface area contributed by atoms with Gasteiger partial charge < -0.3 is 18.6 Å². The highest BCUT2D eigenvalue weighted by molar-refractivity contribution is 5.69. The van der Waals surface area contributed by atoms with Crippen LogP contribution in [0.1, 0.15) is 90.5 Å². The molecule has 1 aliphatic heterocycles. The first-order valence-corrected chi connectivity index (χ1v) is 13.8. The highest BCUT2D eigenvalue weighted by Gasteiger charge is 2.84. The van der Waals surface area contributed by atoms with Crippen molar-refractivity contribution in [3.05, 3.63) is 34.4 Å². The predicted octanol–water partition coefficient (Wildman–Crippen LogP) is 4.76. The SMILES string of the molecule is CCC(=O)OC1C(c2ccc(=O)oc2)C2(C)CCC3C(CCC4CC(OC(C)=O)CCC43C)C23OC13. The van der Waals surface area contributed by atoms with Crippen molar-refractivity contribution in [1.82, 2.24) is 0 Å². The summed E-state index contributed by atoms with van der Waals surface area (Å²) in [6.07, 6.45) is 8.62. The average molecular weight is 499 g/mol. The van der Waals surface area contributed by atoms with Crippen LogP contribution in [0.5, 0.6) is 0 Å². The average Bonchev–Trinajstić information content (AvgIpc) is 3.54. The number of ether oxygens (including phenoxy) is 3. The highest BCUT2D eigenvalue weighted by Crippen LogP contribution is 2.78. The molecule has 10 atom stereocenters. The zero-order chi connectivity index (χ0) is 25.5. The molecule has 5 aliphatic rings. The lowest BCUT2D eigenvalue weighted by Crippen LogP contribution is -2.58. The van der Waals surface area contributed by atoms with Gasteiger partial charge >= 0.3 is 17.6 Å². The lowest BCUT2D eigenvalue weighted by Gasteiger charge is -2.61. The second-order valence-corrected chi connectivity index (χ2v) is 12.5. The number of rotatable bonds is 4. The molecule has 2 heterocycles. The monoisotopic (exact) mass is 498 g/mol. The Morgan fingerprint density at radius 3 is 2.56 bits per heavy atom. The van der Waals surface area contributed by atoms with E-state index in [0.29, 0.717) is 24.2 Å². The molecule has 4 aliphatic carbocycles. The van der Waals surface area contributed by atoms with Gasteiger partial charge in [-0.15, -0.1) is 0 Å². The number of carbonyl (C=O) groups excluding carboxylic acids is 2. The summed E-state index contributed by atoms with van der Waals surface area (Å²) in [4.78, 5) is 35.8. The van der Waals surface area contributed by atoms with E-state index in [1.165, 1.54) is 13.0 Å². The highest BCUT2D eigenvalue weighted by atomic mass is 16.7. The molecule has 0 radical (unpaired) electrons. The van der Waals surface area contributed by atoms with Gasteiger partial charge in [0.15, 0.2) is 0 Å². The maximum absolute atomic E-state index is 12.5. The molecule has 5 fully saturated rings. The van der Waals surface area contributed by atoms with Gasteiger partial charge in [-0.05, 0) is 79.7 Å². The second-order valence-electron chi connectivity index (χ2n) is 12.5. The first kappa shape index (κ1) is 24.2. The maximum Gasteiger partial charge on any atom is 0.335 e. The van der Waals surface area contributed by atoms with Gasteiger partial charge in [-0.25, -0.2) is 4.79 Å².